The number of amides is 1. The summed E-state index contributed by atoms with van der Waals surface area (Å²) in [7, 11) is -2.49. The highest BCUT2D eigenvalue weighted by molar-refractivity contribution is 7.92. The van der Waals surface area contributed by atoms with E-state index < -0.39 is 22.5 Å². The van der Waals surface area contributed by atoms with Crippen molar-refractivity contribution < 1.29 is 17.9 Å². The summed E-state index contributed by atoms with van der Waals surface area (Å²) in [6.07, 6.45) is 0. The number of nitriles is 1. The predicted octanol–water partition coefficient (Wildman–Crippen LogP) is 3.71. The van der Waals surface area contributed by atoms with E-state index in [0.29, 0.717) is 22.7 Å². The summed E-state index contributed by atoms with van der Waals surface area (Å²) in [6.45, 7) is 1.44. The molecule has 3 aromatic carbocycles. The van der Waals surface area contributed by atoms with Crippen molar-refractivity contribution >= 4 is 27.3 Å². The molecule has 0 aliphatic heterocycles. The first-order valence-corrected chi connectivity index (χ1v) is 10.8. The molecule has 0 aromatic heterocycles. The van der Waals surface area contributed by atoms with Crippen molar-refractivity contribution in [3.63, 3.8) is 0 Å². The topological polar surface area (TPSA) is 99.5 Å². The molecular weight excluding hydrogens is 414 g/mol. The molecule has 0 heterocycles. The zero-order chi connectivity index (χ0) is 22.4. The number of nitrogens with zero attached hydrogens (tertiary/aromatic N) is 2. The largest absolute Gasteiger partial charge is 0.497 e. The van der Waals surface area contributed by atoms with Crippen LogP contribution in [0.15, 0.2) is 77.7 Å². The fourth-order valence-corrected chi connectivity index (χ4v) is 4.28. The fourth-order valence-electron chi connectivity index (χ4n) is 2.86. The van der Waals surface area contributed by atoms with Gasteiger partial charge in [-0.15, -0.1) is 0 Å². The van der Waals surface area contributed by atoms with Gasteiger partial charge < -0.3 is 10.1 Å². The number of methoxy groups -OCH3 is 1. The van der Waals surface area contributed by atoms with Crippen LogP contribution in [0.5, 0.6) is 5.75 Å². The third-order valence-corrected chi connectivity index (χ3v) is 6.34. The van der Waals surface area contributed by atoms with E-state index in [0.717, 1.165) is 9.87 Å². The molecule has 0 spiro atoms. The van der Waals surface area contributed by atoms with E-state index in [1.54, 1.807) is 60.7 Å². The minimum absolute atomic E-state index is 0.0834. The summed E-state index contributed by atoms with van der Waals surface area (Å²) in [5, 5.41) is 11.6. The Morgan fingerprint density at radius 1 is 1.00 bits per heavy atom. The molecule has 0 saturated carbocycles. The zero-order valence-electron chi connectivity index (χ0n) is 17.1. The molecule has 3 rings (SSSR count). The van der Waals surface area contributed by atoms with Gasteiger partial charge in [0.2, 0.25) is 5.91 Å². The molecule has 0 atom stereocenters. The van der Waals surface area contributed by atoms with Crippen LogP contribution in [0.1, 0.15) is 11.1 Å². The number of hydrogen-bond acceptors (Lipinski definition) is 5. The molecule has 0 fully saturated rings. The highest BCUT2D eigenvalue weighted by Gasteiger charge is 2.27. The van der Waals surface area contributed by atoms with E-state index in [2.05, 4.69) is 5.32 Å². The van der Waals surface area contributed by atoms with Gasteiger partial charge in [0.15, 0.2) is 0 Å². The third-order valence-electron chi connectivity index (χ3n) is 4.55. The standard InChI is InChI=1S/C23H21N3O4S/c1-17-3-13-22(14-4-17)31(28,29)26(20-9-11-21(30-2)12-10-20)16-23(27)25-19-7-5-18(15-24)6-8-19/h3-14H,16H2,1-2H3,(H,25,27). The molecular formula is C23H21N3O4S. The number of ether oxygens (including phenoxy) is 1. The monoisotopic (exact) mass is 435 g/mol. The summed E-state index contributed by atoms with van der Waals surface area (Å²) < 4.78 is 32.9. The van der Waals surface area contributed by atoms with E-state index in [-0.39, 0.29) is 4.90 Å². The van der Waals surface area contributed by atoms with Crippen LogP contribution in [-0.2, 0) is 14.8 Å². The van der Waals surface area contributed by atoms with Gasteiger partial charge in [0, 0.05) is 5.69 Å². The minimum atomic E-state index is -4.00. The van der Waals surface area contributed by atoms with E-state index >= 15 is 0 Å². The van der Waals surface area contributed by atoms with Crippen LogP contribution in [0.3, 0.4) is 0 Å². The first-order chi connectivity index (χ1) is 14.8. The summed E-state index contributed by atoms with van der Waals surface area (Å²) in [4.78, 5) is 12.8. The number of carbonyl (C=O) groups excluding carboxylic acids is 1. The van der Waals surface area contributed by atoms with Crippen LogP contribution < -0.4 is 14.4 Å². The predicted molar refractivity (Wildman–Crippen MR) is 118 cm³/mol. The van der Waals surface area contributed by atoms with Crippen LogP contribution in [0.4, 0.5) is 11.4 Å². The summed E-state index contributed by atoms with van der Waals surface area (Å²) in [6, 6.07) is 21.2. The van der Waals surface area contributed by atoms with Crippen LogP contribution >= 0.6 is 0 Å². The van der Waals surface area contributed by atoms with Gasteiger partial charge in [-0.3, -0.25) is 9.10 Å². The first kappa shape index (κ1) is 21.9. The first-order valence-electron chi connectivity index (χ1n) is 9.37. The van der Waals surface area contributed by atoms with Crippen molar-refractivity contribution in [1.29, 1.82) is 5.26 Å². The van der Waals surface area contributed by atoms with Gasteiger partial charge in [0.05, 0.1) is 29.3 Å². The molecule has 7 nitrogen and oxygen atoms in total. The molecule has 0 aliphatic carbocycles. The highest BCUT2D eigenvalue weighted by Crippen LogP contribution is 2.26. The Bertz CT molecular complexity index is 1200. The van der Waals surface area contributed by atoms with Crippen molar-refractivity contribution in [3.05, 3.63) is 83.9 Å². The lowest BCUT2D eigenvalue weighted by molar-refractivity contribution is -0.114. The average molecular weight is 436 g/mol. The van der Waals surface area contributed by atoms with Crippen molar-refractivity contribution in [2.24, 2.45) is 0 Å². The fraction of sp³-hybridized carbons (Fsp3) is 0.130. The van der Waals surface area contributed by atoms with Crippen molar-refractivity contribution in [3.8, 4) is 11.8 Å². The Hall–Kier alpha value is -3.83. The third kappa shape index (κ3) is 5.21. The van der Waals surface area contributed by atoms with Gasteiger partial charge >= 0.3 is 0 Å². The van der Waals surface area contributed by atoms with Crippen LogP contribution in [-0.4, -0.2) is 28.0 Å². The number of aryl methyl sites for hydroxylation is 1. The number of rotatable bonds is 7. The van der Waals surface area contributed by atoms with E-state index in [1.807, 2.05) is 13.0 Å². The summed E-state index contributed by atoms with van der Waals surface area (Å²) in [5.41, 5.74) is 2.18. The van der Waals surface area contributed by atoms with Gasteiger partial charge in [0.25, 0.3) is 10.0 Å². The zero-order valence-corrected chi connectivity index (χ0v) is 17.9. The smallest absolute Gasteiger partial charge is 0.264 e. The van der Waals surface area contributed by atoms with Gasteiger partial charge in [-0.05, 0) is 67.6 Å². The van der Waals surface area contributed by atoms with Crippen molar-refractivity contribution in [1.82, 2.24) is 0 Å². The van der Waals surface area contributed by atoms with Crippen LogP contribution in [0, 0.1) is 18.3 Å². The van der Waals surface area contributed by atoms with Gasteiger partial charge in [-0.2, -0.15) is 5.26 Å². The quantitative estimate of drug-likeness (QED) is 0.610. The van der Waals surface area contributed by atoms with Crippen molar-refractivity contribution in [2.45, 2.75) is 11.8 Å². The lowest BCUT2D eigenvalue weighted by atomic mass is 10.2. The van der Waals surface area contributed by atoms with Gasteiger partial charge in [0.1, 0.15) is 12.3 Å². The molecule has 0 aliphatic rings. The Labute approximate surface area is 181 Å². The number of carbonyl (C=O) groups is 1. The SMILES string of the molecule is COc1ccc(N(CC(=O)Nc2ccc(C#N)cc2)S(=O)(=O)c2ccc(C)cc2)cc1. The summed E-state index contributed by atoms with van der Waals surface area (Å²) >= 11 is 0. The number of hydrogen-bond donors (Lipinski definition) is 1. The number of nitrogens with one attached hydrogen (secondary N) is 1. The second kappa shape index (κ2) is 9.32. The van der Waals surface area contributed by atoms with E-state index in [4.69, 9.17) is 10.00 Å². The normalized spacial score (nSPS) is 10.7. The van der Waals surface area contributed by atoms with Crippen LogP contribution in [0.25, 0.3) is 0 Å². The molecule has 0 radical (unpaired) electrons. The molecule has 0 unspecified atom stereocenters. The molecule has 0 saturated heterocycles. The Balaban J connectivity index is 1.91. The molecule has 1 N–H and O–H groups in total. The number of anilines is 2. The molecule has 158 valence electrons. The number of sulfonamides is 1. The van der Waals surface area contributed by atoms with Gasteiger partial charge in [-0.1, -0.05) is 17.7 Å². The lowest BCUT2D eigenvalue weighted by Crippen LogP contribution is -2.38. The second-order valence-electron chi connectivity index (χ2n) is 6.76. The molecule has 3 aromatic rings. The lowest BCUT2D eigenvalue weighted by Gasteiger charge is -2.24. The van der Waals surface area contributed by atoms with E-state index in [9.17, 15) is 13.2 Å². The maximum absolute atomic E-state index is 13.3. The van der Waals surface area contributed by atoms with Crippen LogP contribution in [0.2, 0.25) is 0 Å². The molecule has 8 heteroatoms. The maximum Gasteiger partial charge on any atom is 0.264 e. The van der Waals surface area contributed by atoms with Gasteiger partial charge in [-0.25, -0.2) is 8.42 Å². The minimum Gasteiger partial charge on any atom is -0.497 e. The van der Waals surface area contributed by atoms with Crippen molar-refractivity contribution in [2.75, 3.05) is 23.3 Å². The highest BCUT2D eigenvalue weighted by atomic mass is 32.2. The Morgan fingerprint density at radius 3 is 2.16 bits per heavy atom. The maximum atomic E-state index is 13.3. The molecule has 31 heavy (non-hydrogen) atoms. The Morgan fingerprint density at radius 2 is 1.61 bits per heavy atom. The molecule has 1 amide bonds. The van der Waals surface area contributed by atoms with E-state index in [1.165, 1.54) is 19.2 Å². The summed E-state index contributed by atoms with van der Waals surface area (Å²) in [5.74, 6) is 0.0506. The average Bonchev–Trinajstić information content (AvgIpc) is 2.78. The second-order valence-corrected chi connectivity index (χ2v) is 8.62. The molecule has 0 bridgehead atoms. The Kier molecular flexibility index (Phi) is 6.58. The number of benzene rings is 3.